The van der Waals surface area contributed by atoms with Crippen LogP contribution in [0.3, 0.4) is 0 Å². The lowest BCUT2D eigenvalue weighted by Crippen LogP contribution is -2.45. The largest absolute Gasteiger partial charge is 0.354 e. The zero-order valence-electron chi connectivity index (χ0n) is 12.7. The Morgan fingerprint density at radius 1 is 1.33 bits per heavy atom. The molecule has 0 atom stereocenters. The van der Waals surface area contributed by atoms with Gasteiger partial charge in [-0.25, -0.2) is 0 Å². The molecular weight excluding hydrogens is 282 g/mol. The SMILES string of the molecule is CN(CC(=O)NCCSc1ccccc1)C1CCNCC1. The third kappa shape index (κ3) is 6.08. The Labute approximate surface area is 131 Å². The molecule has 5 heteroatoms. The highest BCUT2D eigenvalue weighted by Crippen LogP contribution is 2.15. The van der Waals surface area contributed by atoms with Gasteiger partial charge in [-0.2, -0.15) is 0 Å². The van der Waals surface area contributed by atoms with Crippen molar-refractivity contribution in [3.8, 4) is 0 Å². The van der Waals surface area contributed by atoms with Crippen LogP contribution in [0.1, 0.15) is 12.8 Å². The molecule has 0 bridgehead atoms. The summed E-state index contributed by atoms with van der Waals surface area (Å²) in [7, 11) is 2.05. The maximum atomic E-state index is 11.9. The van der Waals surface area contributed by atoms with Gasteiger partial charge in [0.05, 0.1) is 6.54 Å². The lowest BCUT2D eigenvalue weighted by atomic mass is 10.1. The molecule has 0 radical (unpaired) electrons. The molecule has 1 aromatic carbocycles. The van der Waals surface area contributed by atoms with Crippen molar-refractivity contribution in [2.45, 2.75) is 23.8 Å². The molecular formula is C16H25N3OS. The first-order valence-electron chi connectivity index (χ1n) is 7.61. The third-order valence-electron chi connectivity index (χ3n) is 3.76. The van der Waals surface area contributed by atoms with Gasteiger partial charge in [-0.05, 0) is 45.1 Å². The van der Waals surface area contributed by atoms with Gasteiger partial charge in [-0.1, -0.05) is 18.2 Å². The zero-order chi connectivity index (χ0) is 14.9. The number of carbonyl (C=O) groups is 1. The van der Waals surface area contributed by atoms with Crippen molar-refractivity contribution in [3.63, 3.8) is 0 Å². The van der Waals surface area contributed by atoms with Gasteiger partial charge >= 0.3 is 0 Å². The summed E-state index contributed by atoms with van der Waals surface area (Å²) in [6.45, 7) is 3.34. The van der Waals surface area contributed by atoms with Gasteiger partial charge in [-0.3, -0.25) is 9.69 Å². The van der Waals surface area contributed by atoms with E-state index in [0.29, 0.717) is 12.6 Å². The van der Waals surface area contributed by atoms with E-state index in [-0.39, 0.29) is 5.91 Å². The van der Waals surface area contributed by atoms with Crippen LogP contribution >= 0.6 is 11.8 Å². The summed E-state index contributed by atoms with van der Waals surface area (Å²) in [5, 5.41) is 6.36. The number of hydrogen-bond acceptors (Lipinski definition) is 4. The van der Waals surface area contributed by atoms with Gasteiger partial charge in [0.1, 0.15) is 0 Å². The molecule has 1 amide bonds. The molecule has 1 aromatic rings. The summed E-state index contributed by atoms with van der Waals surface area (Å²) < 4.78 is 0. The average Bonchev–Trinajstić information content (AvgIpc) is 2.53. The molecule has 0 unspecified atom stereocenters. The van der Waals surface area contributed by atoms with Crippen molar-refractivity contribution in [1.29, 1.82) is 0 Å². The number of amides is 1. The number of thioether (sulfide) groups is 1. The highest BCUT2D eigenvalue weighted by molar-refractivity contribution is 7.99. The summed E-state index contributed by atoms with van der Waals surface area (Å²) in [6.07, 6.45) is 2.27. The van der Waals surface area contributed by atoms with E-state index in [1.54, 1.807) is 11.8 Å². The molecule has 2 rings (SSSR count). The van der Waals surface area contributed by atoms with Crippen LogP contribution < -0.4 is 10.6 Å². The highest BCUT2D eigenvalue weighted by atomic mass is 32.2. The number of hydrogen-bond donors (Lipinski definition) is 2. The molecule has 1 aliphatic heterocycles. The number of likely N-dealkylation sites (N-methyl/N-ethyl adjacent to an activating group) is 1. The first-order chi connectivity index (χ1) is 10.3. The summed E-state index contributed by atoms with van der Waals surface area (Å²) in [6, 6.07) is 10.8. The molecule has 1 saturated heterocycles. The first kappa shape index (κ1) is 16.3. The molecule has 0 saturated carbocycles. The Kier molecular flexibility index (Phi) is 7.06. The quantitative estimate of drug-likeness (QED) is 0.593. The normalized spacial score (nSPS) is 16.1. The minimum absolute atomic E-state index is 0.129. The molecule has 0 aromatic heterocycles. The molecule has 0 aliphatic carbocycles. The van der Waals surface area contributed by atoms with Crippen LogP contribution in [0, 0.1) is 0 Å². The van der Waals surface area contributed by atoms with E-state index < -0.39 is 0 Å². The van der Waals surface area contributed by atoms with Crippen LogP contribution in [-0.4, -0.2) is 55.8 Å². The van der Waals surface area contributed by atoms with Crippen molar-refractivity contribution in [3.05, 3.63) is 30.3 Å². The molecule has 2 N–H and O–H groups in total. The number of benzene rings is 1. The maximum absolute atomic E-state index is 11.9. The summed E-state index contributed by atoms with van der Waals surface area (Å²) in [5.41, 5.74) is 0. The van der Waals surface area contributed by atoms with E-state index in [9.17, 15) is 4.79 Å². The molecule has 1 fully saturated rings. The van der Waals surface area contributed by atoms with Crippen molar-refractivity contribution in [1.82, 2.24) is 15.5 Å². The van der Waals surface area contributed by atoms with Crippen molar-refractivity contribution >= 4 is 17.7 Å². The molecule has 116 valence electrons. The Balaban J connectivity index is 1.58. The van der Waals surface area contributed by atoms with Crippen molar-refractivity contribution in [2.75, 3.05) is 39.0 Å². The second-order valence-electron chi connectivity index (χ2n) is 5.41. The molecule has 1 aliphatic rings. The van der Waals surface area contributed by atoms with Gasteiger partial charge in [0.25, 0.3) is 0 Å². The van der Waals surface area contributed by atoms with E-state index >= 15 is 0 Å². The third-order valence-corrected chi connectivity index (χ3v) is 4.77. The van der Waals surface area contributed by atoms with Crippen molar-refractivity contribution in [2.24, 2.45) is 0 Å². The first-order valence-corrected chi connectivity index (χ1v) is 8.60. The number of piperidine rings is 1. The summed E-state index contributed by atoms with van der Waals surface area (Å²) in [5.74, 6) is 1.04. The van der Waals surface area contributed by atoms with E-state index in [1.807, 2.05) is 25.2 Å². The van der Waals surface area contributed by atoms with Crippen LogP contribution in [0.5, 0.6) is 0 Å². The molecule has 21 heavy (non-hydrogen) atoms. The van der Waals surface area contributed by atoms with Crippen LogP contribution in [0.25, 0.3) is 0 Å². The van der Waals surface area contributed by atoms with Gasteiger partial charge in [0, 0.05) is 23.2 Å². The standard InChI is InChI=1S/C16H25N3OS/c1-19(14-7-9-17-10-8-14)13-16(20)18-11-12-21-15-5-3-2-4-6-15/h2-6,14,17H,7-13H2,1H3,(H,18,20). The van der Waals surface area contributed by atoms with E-state index in [0.717, 1.165) is 38.2 Å². The summed E-state index contributed by atoms with van der Waals surface area (Å²) >= 11 is 1.77. The fourth-order valence-electron chi connectivity index (χ4n) is 2.54. The Hall–Kier alpha value is -1.04. The minimum Gasteiger partial charge on any atom is -0.354 e. The molecule has 4 nitrogen and oxygen atoms in total. The zero-order valence-corrected chi connectivity index (χ0v) is 13.5. The fraction of sp³-hybridized carbons (Fsp3) is 0.562. The molecule has 0 spiro atoms. The van der Waals surface area contributed by atoms with Crippen LogP contribution in [-0.2, 0) is 4.79 Å². The number of carbonyl (C=O) groups excluding carboxylic acids is 1. The predicted molar refractivity (Wildman–Crippen MR) is 88.7 cm³/mol. The number of nitrogens with one attached hydrogen (secondary N) is 2. The Morgan fingerprint density at radius 2 is 2.05 bits per heavy atom. The minimum atomic E-state index is 0.129. The van der Waals surface area contributed by atoms with E-state index in [1.165, 1.54) is 4.90 Å². The predicted octanol–water partition coefficient (Wildman–Crippen LogP) is 1.58. The smallest absolute Gasteiger partial charge is 0.234 e. The van der Waals surface area contributed by atoms with Crippen molar-refractivity contribution < 1.29 is 4.79 Å². The van der Waals surface area contributed by atoms with Gasteiger partial charge in [0.15, 0.2) is 0 Å². The van der Waals surface area contributed by atoms with Crippen LogP contribution in [0.4, 0.5) is 0 Å². The monoisotopic (exact) mass is 307 g/mol. The number of rotatable bonds is 7. The van der Waals surface area contributed by atoms with Gasteiger partial charge in [0.2, 0.25) is 5.91 Å². The topological polar surface area (TPSA) is 44.4 Å². The second-order valence-corrected chi connectivity index (χ2v) is 6.58. The summed E-state index contributed by atoms with van der Waals surface area (Å²) in [4.78, 5) is 15.4. The van der Waals surface area contributed by atoms with Crippen LogP contribution in [0.2, 0.25) is 0 Å². The lowest BCUT2D eigenvalue weighted by Gasteiger charge is -2.31. The molecule has 1 heterocycles. The Morgan fingerprint density at radius 3 is 2.76 bits per heavy atom. The maximum Gasteiger partial charge on any atom is 0.234 e. The lowest BCUT2D eigenvalue weighted by molar-refractivity contribution is -0.122. The Bertz CT molecular complexity index is 421. The van der Waals surface area contributed by atoms with E-state index in [2.05, 4.69) is 27.7 Å². The van der Waals surface area contributed by atoms with Gasteiger partial charge < -0.3 is 10.6 Å². The van der Waals surface area contributed by atoms with E-state index in [4.69, 9.17) is 0 Å². The number of nitrogens with zero attached hydrogens (tertiary/aromatic N) is 1. The van der Waals surface area contributed by atoms with Crippen LogP contribution in [0.15, 0.2) is 35.2 Å². The fourth-order valence-corrected chi connectivity index (χ4v) is 3.32. The second kappa shape index (κ2) is 9.07. The average molecular weight is 307 g/mol. The van der Waals surface area contributed by atoms with Gasteiger partial charge in [-0.15, -0.1) is 11.8 Å². The highest BCUT2D eigenvalue weighted by Gasteiger charge is 2.19.